The maximum absolute atomic E-state index is 6.78. The molecule has 0 aromatic heterocycles. The maximum Gasteiger partial charge on any atom is 0.470 e. The van der Waals surface area contributed by atoms with Crippen LogP contribution in [0.25, 0.3) is 0 Å². The van der Waals surface area contributed by atoms with Gasteiger partial charge in [0.25, 0.3) is 0 Å². The van der Waals surface area contributed by atoms with Gasteiger partial charge in [-0.1, -0.05) is 30.3 Å². The molecule has 0 aliphatic carbocycles. The van der Waals surface area contributed by atoms with Crippen molar-refractivity contribution in [1.82, 2.24) is 0 Å². The van der Waals surface area contributed by atoms with Crippen molar-refractivity contribution in [3.05, 3.63) is 35.9 Å². The molecule has 0 bridgehead atoms. The van der Waals surface area contributed by atoms with E-state index in [0.717, 1.165) is 6.04 Å². The van der Waals surface area contributed by atoms with E-state index < -0.39 is 33.8 Å². The summed E-state index contributed by atoms with van der Waals surface area (Å²) < 4.78 is 20.3. The van der Waals surface area contributed by atoms with Gasteiger partial charge in [-0.2, -0.15) is 0 Å². The van der Waals surface area contributed by atoms with Gasteiger partial charge in [0.05, 0.1) is 0 Å². The average molecular weight is 449 g/mol. The molecule has 0 amide bonds. The van der Waals surface area contributed by atoms with Crippen LogP contribution in [0.15, 0.2) is 30.3 Å². The minimum Gasteiger partial charge on any atom is -0.417 e. The van der Waals surface area contributed by atoms with Crippen molar-refractivity contribution in [2.24, 2.45) is 0 Å². The van der Waals surface area contributed by atoms with Crippen molar-refractivity contribution in [2.45, 2.75) is 70.9 Å². The molecule has 8 heteroatoms. The lowest BCUT2D eigenvalue weighted by atomic mass is 10.0. The highest BCUT2D eigenvalue weighted by Gasteiger charge is 2.51. The molecule has 150 valence electrons. The Morgan fingerprint density at radius 3 is 1.42 bits per heavy atom. The van der Waals surface area contributed by atoms with Crippen molar-refractivity contribution in [3.63, 3.8) is 0 Å². The summed E-state index contributed by atoms with van der Waals surface area (Å²) >= 11 is 6.41. The third-order valence-corrected chi connectivity index (χ3v) is 15.8. The second-order valence-electron chi connectivity index (χ2n) is 9.79. The van der Waals surface area contributed by atoms with E-state index in [1.807, 2.05) is 6.07 Å². The summed E-state index contributed by atoms with van der Waals surface area (Å²) in [6.07, 6.45) is 0. The highest BCUT2D eigenvalue weighted by Crippen LogP contribution is 2.35. The number of alkyl halides is 1. The molecule has 0 saturated carbocycles. The van der Waals surface area contributed by atoms with E-state index in [1.165, 1.54) is 5.56 Å². The predicted octanol–water partition coefficient (Wildman–Crippen LogP) is 6.50. The summed E-state index contributed by atoms with van der Waals surface area (Å²) in [5.74, 6) is 0.714. The molecule has 1 atom stereocenters. The minimum atomic E-state index is -2.87. The first-order valence-corrected chi connectivity index (χ1v) is 22.1. The lowest BCUT2D eigenvalue weighted by molar-refractivity contribution is 0.248. The summed E-state index contributed by atoms with van der Waals surface area (Å²) in [7, 11) is -8.45. The minimum absolute atomic E-state index is 0.175. The fourth-order valence-corrected chi connectivity index (χ4v) is 18.2. The molecule has 1 aromatic carbocycles. The Bertz CT molecular complexity index is 509. The van der Waals surface area contributed by atoms with Gasteiger partial charge in [-0.05, 0) is 64.5 Å². The topological polar surface area (TPSA) is 27.7 Å². The monoisotopic (exact) mass is 448 g/mol. The van der Waals surface area contributed by atoms with E-state index in [0.29, 0.717) is 5.88 Å². The highest BCUT2D eigenvalue weighted by molar-refractivity contribution is 6.90. The molecule has 0 radical (unpaired) electrons. The zero-order chi connectivity index (χ0) is 20.2. The fourth-order valence-electron chi connectivity index (χ4n) is 2.88. The van der Waals surface area contributed by atoms with E-state index in [4.69, 9.17) is 23.9 Å². The molecular formula is C18H37ClO3Si4. The first-order valence-electron chi connectivity index (χ1n) is 9.36. The second-order valence-corrected chi connectivity index (χ2v) is 27.0. The maximum atomic E-state index is 6.78. The lowest BCUT2D eigenvalue weighted by Crippen LogP contribution is -2.61. The number of hydrogen-bond acceptors (Lipinski definition) is 3. The molecule has 26 heavy (non-hydrogen) atoms. The Morgan fingerprint density at radius 2 is 1.12 bits per heavy atom. The molecule has 0 heterocycles. The van der Waals surface area contributed by atoms with E-state index in [9.17, 15) is 0 Å². The molecule has 1 rings (SSSR count). The first kappa shape index (κ1) is 24.3. The van der Waals surface area contributed by atoms with Crippen molar-refractivity contribution >= 4 is 45.4 Å². The molecule has 0 N–H and O–H groups in total. The zero-order valence-corrected chi connectivity index (χ0v) is 22.7. The lowest BCUT2D eigenvalue weighted by Gasteiger charge is -2.44. The Morgan fingerprint density at radius 1 is 0.731 bits per heavy atom. The van der Waals surface area contributed by atoms with Crippen LogP contribution in [0.4, 0.5) is 0 Å². The van der Waals surface area contributed by atoms with Gasteiger partial charge < -0.3 is 12.3 Å². The SMILES string of the molecule is C[Si](C)(C)O[Si](CC(CCl)c1ccccc1)(O[Si](C)(C)C)O[Si](C)(C)C. The number of halogens is 1. The molecule has 0 spiro atoms. The molecule has 1 aromatic rings. The molecule has 0 saturated heterocycles. The third-order valence-electron chi connectivity index (χ3n) is 3.34. The van der Waals surface area contributed by atoms with Crippen molar-refractivity contribution < 1.29 is 12.3 Å². The van der Waals surface area contributed by atoms with E-state index in [2.05, 4.69) is 83.2 Å². The van der Waals surface area contributed by atoms with Crippen LogP contribution in [0, 0.1) is 0 Å². The van der Waals surface area contributed by atoms with Crippen LogP contribution in [0.5, 0.6) is 0 Å². The van der Waals surface area contributed by atoms with Crippen molar-refractivity contribution in [2.75, 3.05) is 5.88 Å². The summed E-state index contributed by atoms with van der Waals surface area (Å²) in [6.45, 7) is 19.9. The van der Waals surface area contributed by atoms with Crippen LogP contribution in [0.3, 0.4) is 0 Å². The predicted molar refractivity (Wildman–Crippen MR) is 124 cm³/mol. The van der Waals surface area contributed by atoms with E-state index >= 15 is 0 Å². The van der Waals surface area contributed by atoms with Crippen LogP contribution < -0.4 is 0 Å². The van der Waals surface area contributed by atoms with Crippen LogP contribution in [-0.2, 0) is 12.3 Å². The standard InChI is InChI=1S/C18H37ClO3Si4/c1-23(2,3)20-26(21-24(4,5)6,22-25(7,8)9)16-18(15-19)17-13-11-10-12-14-17/h10-14,18H,15-16H2,1-9H3. The van der Waals surface area contributed by atoms with Gasteiger partial charge in [-0.25, -0.2) is 0 Å². The quantitative estimate of drug-likeness (QED) is 0.301. The van der Waals surface area contributed by atoms with Gasteiger partial charge in [0.15, 0.2) is 25.0 Å². The Labute approximate surface area is 170 Å². The largest absolute Gasteiger partial charge is 0.470 e. The molecule has 1 unspecified atom stereocenters. The van der Waals surface area contributed by atoms with Gasteiger partial charge in [0, 0.05) is 17.8 Å². The van der Waals surface area contributed by atoms with Gasteiger partial charge >= 0.3 is 8.80 Å². The Balaban J connectivity index is 3.33. The average Bonchev–Trinajstić information content (AvgIpc) is 2.40. The van der Waals surface area contributed by atoms with Crippen molar-refractivity contribution in [3.8, 4) is 0 Å². The Hall–Kier alpha value is 0.258. The van der Waals surface area contributed by atoms with Gasteiger partial charge in [-0.3, -0.25) is 0 Å². The smallest absolute Gasteiger partial charge is 0.417 e. The summed E-state index contributed by atoms with van der Waals surface area (Å²) in [6, 6.07) is 11.2. The van der Waals surface area contributed by atoms with Gasteiger partial charge in [0.2, 0.25) is 0 Å². The zero-order valence-electron chi connectivity index (χ0n) is 18.0. The first-order chi connectivity index (χ1) is 11.6. The van der Waals surface area contributed by atoms with Crippen LogP contribution >= 0.6 is 11.6 Å². The number of hydrogen-bond donors (Lipinski definition) is 0. The molecular weight excluding hydrogens is 412 g/mol. The fraction of sp³-hybridized carbons (Fsp3) is 0.667. The third kappa shape index (κ3) is 9.45. The van der Waals surface area contributed by atoms with Gasteiger partial charge in [0.1, 0.15) is 0 Å². The van der Waals surface area contributed by atoms with Crippen LogP contribution in [0.1, 0.15) is 11.5 Å². The van der Waals surface area contributed by atoms with Gasteiger partial charge in [-0.15, -0.1) is 11.6 Å². The summed E-state index contributed by atoms with van der Waals surface area (Å²) in [5, 5.41) is 0. The molecule has 3 nitrogen and oxygen atoms in total. The molecule has 0 fully saturated rings. The number of benzene rings is 1. The summed E-state index contributed by atoms with van der Waals surface area (Å²) in [5.41, 5.74) is 1.23. The normalized spacial score (nSPS) is 15.2. The van der Waals surface area contributed by atoms with E-state index in [1.54, 1.807) is 0 Å². The highest BCUT2D eigenvalue weighted by atomic mass is 35.5. The van der Waals surface area contributed by atoms with Crippen LogP contribution in [-0.4, -0.2) is 39.6 Å². The molecule has 0 aliphatic rings. The Kier molecular flexibility index (Phi) is 8.57. The van der Waals surface area contributed by atoms with E-state index in [-0.39, 0.29) is 5.92 Å². The molecule has 0 aliphatic heterocycles. The van der Waals surface area contributed by atoms with Crippen molar-refractivity contribution in [1.29, 1.82) is 0 Å². The summed E-state index contributed by atoms with van der Waals surface area (Å²) in [4.78, 5) is 0. The van der Waals surface area contributed by atoms with Crippen LogP contribution in [0.2, 0.25) is 65.0 Å². The second kappa shape index (κ2) is 9.17. The number of rotatable bonds is 10.